The molecule has 3 nitrogen and oxygen atoms in total. The molecule has 0 saturated heterocycles. The molecular formula is C15H14F3NO2. The average Bonchev–Trinajstić information content (AvgIpc) is 2.42. The largest absolute Gasteiger partial charge is 0.507 e. The summed E-state index contributed by atoms with van der Waals surface area (Å²) in [6.45, 7) is 1.61. The van der Waals surface area contributed by atoms with Crippen molar-refractivity contribution in [3.63, 3.8) is 0 Å². The number of nitrogens with one attached hydrogen (secondary N) is 1. The molecular weight excluding hydrogens is 283 g/mol. The van der Waals surface area contributed by atoms with Crippen LogP contribution in [0.25, 0.3) is 0 Å². The van der Waals surface area contributed by atoms with Gasteiger partial charge in [-0.3, -0.25) is 0 Å². The summed E-state index contributed by atoms with van der Waals surface area (Å²) in [6.07, 6.45) is 0. The second-order valence-electron chi connectivity index (χ2n) is 4.54. The molecule has 0 fully saturated rings. The van der Waals surface area contributed by atoms with Gasteiger partial charge in [0.2, 0.25) is 0 Å². The van der Waals surface area contributed by atoms with E-state index in [2.05, 4.69) is 5.32 Å². The smallest absolute Gasteiger partial charge is 0.152 e. The van der Waals surface area contributed by atoms with Crippen LogP contribution in [0.4, 0.5) is 18.9 Å². The number of rotatable bonds is 4. The number of hydrogen-bond acceptors (Lipinski definition) is 3. The Labute approximate surface area is 120 Å². The van der Waals surface area contributed by atoms with Gasteiger partial charge in [0.1, 0.15) is 23.0 Å². The van der Waals surface area contributed by atoms with Gasteiger partial charge in [-0.2, -0.15) is 0 Å². The zero-order chi connectivity index (χ0) is 15.6. The maximum atomic E-state index is 13.6. The third kappa shape index (κ3) is 3.21. The summed E-state index contributed by atoms with van der Waals surface area (Å²) in [7, 11) is 1.46. The van der Waals surface area contributed by atoms with Gasteiger partial charge in [0.15, 0.2) is 11.6 Å². The second kappa shape index (κ2) is 5.95. The summed E-state index contributed by atoms with van der Waals surface area (Å²) in [5.41, 5.74) is -0.0157. The molecule has 0 aromatic heterocycles. The number of methoxy groups -OCH3 is 1. The van der Waals surface area contributed by atoms with E-state index in [1.54, 1.807) is 19.1 Å². The fourth-order valence-electron chi connectivity index (χ4n) is 1.99. The molecule has 0 bridgehead atoms. The Hall–Kier alpha value is -2.37. The fourth-order valence-corrected chi connectivity index (χ4v) is 1.99. The van der Waals surface area contributed by atoms with E-state index in [4.69, 9.17) is 4.74 Å². The third-order valence-electron chi connectivity index (χ3n) is 3.07. The van der Waals surface area contributed by atoms with E-state index < -0.39 is 29.2 Å². The normalized spacial score (nSPS) is 12.0. The van der Waals surface area contributed by atoms with E-state index in [0.29, 0.717) is 23.4 Å². The first kappa shape index (κ1) is 15.0. The van der Waals surface area contributed by atoms with Crippen LogP contribution in [-0.2, 0) is 0 Å². The number of benzene rings is 2. The van der Waals surface area contributed by atoms with Crippen molar-refractivity contribution >= 4 is 5.69 Å². The predicted molar refractivity (Wildman–Crippen MR) is 73.0 cm³/mol. The summed E-state index contributed by atoms with van der Waals surface area (Å²) in [4.78, 5) is 0. The van der Waals surface area contributed by atoms with E-state index in [0.717, 1.165) is 0 Å². The van der Waals surface area contributed by atoms with Crippen molar-refractivity contribution in [1.82, 2.24) is 0 Å². The Balaban J connectivity index is 2.28. The van der Waals surface area contributed by atoms with Crippen LogP contribution in [0.1, 0.15) is 18.5 Å². The molecule has 6 heteroatoms. The van der Waals surface area contributed by atoms with Crippen LogP contribution < -0.4 is 10.1 Å². The molecule has 0 saturated carbocycles. The quantitative estimate of drug-likeness (QED) is 0.896. The van der Waals surface area contributed by atoms with Crippen LogP contribution in [0.15, 0.2) is 30.3 Å². The maximum Gasteiger partial charge on any atom is 0.152 e. The van der Waals surface area contributed by atoms with Gasteiger partial charge in [-0.25, -0.2) is 13.2 Å². The van der Waals surface area contributed by atoms with Crippen molar-refractivity contribution in [1.29, 1.82) is 0 Å². The number of phenols is 1. The molecule has 21 heavy (non-hydrogen) atoms. The van der Waals surface area contributed by atoms with Crippen molar-refractivity contribution in [2.45, 2.75) is 13.0 Å². The molecule has 0 aliphatic carbocycles. The Morgan fingerprint density at radius 1 is 1.10 bits per heavy atom. The lowest BCUT2D eigenvalue weighted by Gasteiger charge is -2.18. The second-order valence-corrected chi connectivity index (χ2v) is 4.54. The molecule has 0 amide bonds. The molecule has 0 spiro atoms. The highest BCUT2D eigenvalue weighted by Gasteiger charge is 2.17. The number of halogens is 3. The summed E-state index contributed by atoms with van der Waals surface area (Å²) >= 11 is 0. The summed E-state index contributed by atoms with van der Waals surface area (Å²) in [6, 6.07) is 5.17. The summed E-state index contributed by atoms with van der Waals surface area (Å²) < 4.78 is 45.0. The minimum absolute atomic E-state index is 0.0720. The third-order valence-corrected chi connectivity index (χ3v) is 3.07. The number of ether oxygens (including phenoxy) is 1. The summed E-state index contributed by atoms with van der Waals surface area (Å²) in [5, 5.41) is 12.5. The molecule has 2 aromatic rings. The van der Waals surface area contributed by atoms with Crippen molar-refractivity contribution in [2.75, 3.05) is 12.4 Å². The Bertz CT molecular complexity index is 638. The Kier molecular flexibility index (Phi) is 4.26. The minimum atomic E-state index is -1.03. The van der Waals surface area contributed by atoms with E-state index in [-0.39, 0.29) is 5.75 Å². The highest BCUT2D eigenvalue weighted by atomic mass is 19.1. The van der Waals surface area contributed by atoms with Gasteiger partial charge in [-0.1, -0.05) is 0 Å². The number of anilines is 1. The van der Waals surface area contributed by atoms with Gasteiger partial charge in [-0.05, 0) is 19.1 Å². The molecule has 0 aliphatic rings. The molecule has 1 atom stereocenters. The lowest BCUT2D eigenvalue weighted by atomic mass is 10.1. The monoisotopic (exact) mass is 297 g/mol. The van der Waals surface area contributed by atoms with E-state index in [1.807, 2.05) is 0 Å². The van der Waals surface area contributed by atoms with Gasteiger partial charge in [-0.15, -0.1) is 0 Å². The molecule has 2 aromatic carbocycles. The highest BCUT2D eigenvalue weighted by molar-refractivity contribution is 5.50. The predicted octanol–water partition coefficient (Wildman–Crippen LogP) is 3.99. The maximum absolute atomic E-state index is 13.6. The van der Waals surface area contributed by atoms with Gasteiger partial charge in [0.25, 0.3) is 0 Å². The van der Waals surface area contributed by atoms with Gasteiger partial charge < -0.3 is 15.2 Å². The van der Waals surface area contributed by atoms with Gasteiger partial charge in [0, 0.05) is 23.8 Å². The van der Waals surface area contributed by atoms with Gasteiger partial charge >= 0.3 is 0 Å². The Morgan fingerprint density at radius 2 is 1.71 bits per heavy atom. The zero-order valence-corrected chi connectivity index (χ0v) is 11.5. The van der Waals surface area contributed by atoms with Crippen molar-refractivity contribution in [3.8, 4) is 11.5 Å². The minimum Gasteiger partial charge on any atom is -0.507 e. The molecule has 0 heterocycles. The SMILES string of the molecule is COc1ccc(C(C)Nc2c(F)cc(F)cc2F)c(O)c1. The molecule has 2 rings (SSSR count). The lowest BCUT2D eigenvalue weighted by molar-refractivity contribution is 0.406. The first-order valence-corrected chi connectivity index (χ1v) is 6.20. The number of phenolic OH excluding ortho intramolecular Hbond substituents is 1. The highest BCUT2D eigenvalue weighted by Crippen LogP contribution is 2.31. The number of aromatic hydroxyl groups is 1. The first-order valence-electron chi connectivity index (χ1n) is 6.20. The van der Waals surface area contributed by atoms with E-state index in [1.165, 1.54) is 13.2 Å². The van der Waals surface area contributed by atoms with Crippen LogP contribution in [0.5, 0.6) is 11.5 Å². The van der Waals surface area contributed by atoms with Crippen LogP contribution in [-0.4, -0.2) is 12.2 Å². The first-order chi connectivity index (χ1) is 9.92. The standard InChI is InChI=1S/C15H14F3NO2/c1-8(11-4-3-10(21-2)7-14(11)20)19-15-12(17)5-9(16)6-13(15)18/h3-8,19-20H,1-2H3. The van der Waals surface area contributed by atoms with E-state index in [9.17, 15) is 18.3 Å². The molecule has 0 radical (unpaired) electrons. The van der Waals surface area contributed by atoms with Crippen molar-refractivity contribution < 1.29 is 23.0 Å². The van der Waals surface area contributed by atoms with Crippen molar-refractivity contribution in [2.24, 2.45) is 0 Å². The van der Waals surface area contributed by atoms with Crippen LogP contribution in [0.2, 0.25) is 0 Å². The van der Waals surface area contributed by atoms with Crippen LogP contribution in [0.3, 0.4) is 0 Å². The molecule has 2 N–H and O–H groups in total. The lowest BCUT2D eigenvalue weighted by Crippen LogP contribution is -2.10. The van der Waals surface area contributed by atoms with Crippen molar-refractivity contribution in [3.05, 3.63) is 53.3 Å². The van der Waals surface area contributed by atoms with Crippen LogP contribution >= 0.6 is 0 Å². The van der Waals surface area contributed by atoms with E-state index >= 15 is 0 Å². The molecule has 1 unspecified atom stereocenters. The summed E-state index contributed by atoms with van der Waals surface area (Å²) in [5.74, 6) is -2.67. The topological polar surface area (TPSA) is 41.5 Å². The molecule has 112 valence electrons. The van der Waals surface area contributed by atoms with Crippen LogP contribution in [0, 0.1) is 17.5 Å². The fraction of sp³-hybridized carbons (Fsp3) is 0.200. The molecule has 0 aliphatic heterocycles. The Morgan fingerprint density at radius 3 is 2.24 bits per heavy atom. The zero-order valence-electron chi connectivity index (χ0n) is 11.5. The van der Waals surface area contributed by atoms with Gasteiger partial charge in [0.05, 0.1) is 13.2 Å². The average molecular weight is 297 g/mol. The number of hydrogen-bond donors (Lipinski definition) is 2.